The van der Waals surface area contributed by atoms with Crippen molar-refractivity contribution in [2.75, 3.05) is 0 Å². The van der Waals surface area contributed by atoms with E-state index in [1.54, 1.807) is 0 Å². The number of halogens is 3. The molecule has 0 bridgehead atoms. The fourth-order valence-electron chi connectivity index (χ4n) is 0.342. The fourth-order valence-corrected chi connectivity index (χ4v) is 0.342. The third-order valence-corrected chi connectivity index (χ3v) is 1.20. The Bertz CT molecular complexity index is 262. The molecule has 0 aromatic heterocycles. The number of nitrogens with two attached hydrogens (primary N) is 1. The van der Waals surface area contributed by atoms with E-state index in [0.717, 1.165) is 12.5 Å². The van der Waals surface area contributed by atoms with Gasteiger partial charge in [-0.2, -0.15) is 13.2 Å². The molecule has 0 aromatic rings. The summed E-state index contributed by atoms with van der Waals surface area (Å²) < 4.78 is 31.7. The highest BCUT2D eigenvalue weighted by Crippen LogP contribution is 2.13. The van der Waals surface area contributed by atoms with Gasteiger partial charge in [0.15, 0.2) is 0 Å². The maximum absolute atomic E-state index is 10.6. The minimum atomic E-state index is -5.08. The molecule has 16 heavy (non-hydrogen) atoms. The number of carbonyl (C=O) groups is 2. The molecule has 0 aliphatic carbocycles. The zero-order chi connectivity index (χ0) is 13.4. The minimum absolute atomic E-state index is 0.124. The largest absolute Gasteiger partial charge is 0.490 e. The monoisotopic (exact) mass is 243 g/mol. The molecular formula is C8H12F3NO4. The Hall–Kier alpha value is -1.57. The van der Waals surface area contributed by atoms with Crippen molar-refractivity contribution < 1.29 is 33.0 Å². The van der Waals surface area contributed by atoms with E-state index in [4.69, 9.17) is 20.7 Å². The average molecular weight is 243 g/mol. The highest BCUT2D eigenvalue weighted by molar-refractivity contribution is 5.79. The Balaban J connectivity index is 0. The molecule has 94 valence electrons. The van der Waals surface area contributed by atoms with Crippen LogP contribution in [0, 0.1) is 0 Å². The Morgan fingerprint density at radius 3 is 1.94 bits per heavy atom. The summed E-state index contributed by atoms with van der Waals surface area (Å²) in [6.07, 6.45) is -1.78. The van der Waals surface area contributed by atoms with Gasteiger partial charge in [-0.25, -0.2) is 9.59 Å². The summed E-state index contributed by atoms with van der Waals surface area (Å²) in [7, 11) is 0. The van der Waals surface area contributed by atoms with E-state index in [1.807, 2.05) is 6.92 Å². The van der Waals surface area contributed by atoms with Gasteiger partial charge in [-0.3, -0.25) is 0 Å². The molecular weight excluding hydrogens is 231 g/mol. The molecule has 0 amide bonds. The molecule has 0 radical (unpaired) electrons. The summed E-state index contributed by atoms with van der Waals surface area (Å²) in [5.74, 6) is -3.70. The van der Waals surface area contributed by atoms with E-state index in [0.29, 0.717) is 0 Å². The van der Waals surface area contributed by atoms with Crippen LogP contribution in [0.2, 0.25) is 0 Å². The number of hydrogen-bond donors (Lipinski definition) is 3. The van der Waals surface area contributed by atoms with Gasteiger partial charge in [0.05, 0.1) is 0 Å². The second-order valence-electron chi connectivity index (χ2n) is 2.57. The lowest BCUT2D eigenvalue weighted by Gasteiger charge is -1.96. The Morgan fingerprint density at radius 2 is 1.75 bits per heavy atom. The van der Waals surface area contributed by atoms with E-state index in [-0.39, 0.29) is 6.04 Å². The molecule has 0 aromatic carbocycles. The van der Waals surface area contributed by atoms with Crippen LogP contribution in [0.5, 0.6) is 0 Å². The summed E-state index contributed by atoms with van der Waals surface area (Å²) in [5, 5.41) is 15.2. The first-order valence-corrected chi connectivity index (χ1v) is 4.08. The molecule has 0 aliphatic heterocycles. The highest BCUT2D eigenvalue weighted by Gasteiger charge is 2.38. The summed E-state index contributed by atoms with van der Waals surface area (Å²) in [4.78, 5) is 18.8. The van der Waals surface area contributed by atoms with Crippen LogP contribution < -0.4 is 5.73 Å². The second-order valence-corrected chi connectivity index (χ2v) is 2.57. The molecule has 0 saturated carbocycles. The summed E-state index contributed by atoms with van der Waals surface area (Å²) in [6, 6.07) is -0.124. The Labute approximate surface area is 89.4 Å². The van der Waals surface area contributed by atoms with Crippen LogP contribution >= 0.6 is 0 Å². The number of carboxylic acids is 2. The van der Waals surface area contributed by atoms with E-state index < -0.39 is 18.1 Å². The van der Waals surface area contributed by atoms with Gasteiger partial charge in [0.25, 0.3) is 0 Å². The number of carboxylic acid groups (broad SMARTS) is 2. The van der Waals surface area contributed by atoms with Crippen molar-refractivity contribution in [1.82, 2.24) is 0 Å². The molecule has 0 heterocycles. The van der Waals surface area contributed by atoms with E-state index in [1.165, 1.54) is 6.08 Å². The van der Waals surface area contributed by atoms with E-state index in [9.17, 15) is 18.0 Å². The number of rotatable bonds is 3. The zero-order valence-corrected chi connectivity index (χ0v) is 8.36. The summed E-state index contributed by atoms with van der Waals surface area (Å²) in [6.45, 7) is 1.90. The number of hydrogen-bond acceptors (Lipinski definition) is 3. The van der Waals surface area contributed by atoms with Crippen LogP contribution in [0.15, 0.2) is 12.2 Å². The number of aliphatic carboxylic acids is 2. The normalized spacial score (nSPS) is 12.8. The van der Waals surface area contributed by atoms with Gasteiger partial charge in [0.2, 0.25) is 0 Å². The van der Waals surface area contributed by atoms with Gasteiger partial charge in [-0.15, -0.1) is 0 Å². The standard InChI is InChI=1S/C6H11NO2.C2HF3O2/c1-2-5(7)3-4-6(8)9;3-2(4,5)1(6)7/h3-5H,2,7H2,1H3,(H,8,9);(H,6,7). The molecule has 0 aliphatic rings. The van der Waals surface area contributed by atoms with Crippen molar-refractivity contribution in [2.24, 2.45) is 5.73 Å². The van der Waals surface area contributed by atoms with Gasteiger partial charge >= 0.3 is 18.1 Å². The third-order valence-electron chi connectivity index (χ3n) is 1.20. The van der Waals surface area contributed by atoms with E-state index >= 15 is 0 Å². The van der Waals surface area contributed by atoms with Gasteiger partial charge < -0.3 is 15.9 Å². The molecule has 1 unspecified atom stereocenters. The van der Waals surface area contributed by atoms with Crippen LogP contribution in [0.1, 0.15) is 13.3 Å². The molecule has 0 spiro atoms. The molecule has 5 nitrogen and oxygen atoms in total. The van der Waals surface area contributed by atoms with Crippen molar-refractivity contribution in [2.45, 2.75) is 25.6 Å². The topological polar surface area (TPSA) is 101 Å². The zero-order valence-electron chi connectivity index (χ0n) is 8.36. The molecule has 0 fully saturated rings. The Kier molecular flexibility index (Phi) is 8.09. The van der Waals surface area contributed by atoms with Crippen molar-refractivity contribution >= 4 is 11.9 Å². The van der Waals surface area contributed by atoms with Crippen LogP contribution in [0.4, 0.5) is 13.2 Å². The van der Waals surface area contributed by atoms with Crippen molar-refractivity contribution in [1.29, 1.82) is 0 Å². The predicted octanol–water partition coefficient (Wildman–Crippen LogP) is 0.998. The van der Waals surface area contributed by atoms with Crippen LogP contribution in [-0.4, -0.2) is 34.4 Å². The van der Waals surface area contributed by atoms with Crippen LogP contribution in [-0.2, 0) is 9.59 Å². The Morgan fingerprint density at radius 1 is 1.38 bits per heavy atom. The average Bonchev–Trinajstić information content (AvgIpc) is 2.13. The number of alkyl halides is 3. The minimum Gasteiger partial charge on any atom is -0.478 e. The quantitative estimate of drug-likeness (QED) is 0.642. The molecule has 4 N–H and O–H groups in total. The smallest absolute Gasteiger partial charge is 0.478 e. The summed E-state index contributed by atoms with van der Waals surface area (Å²) in [5.41, 5.74) is 5.37. The first-order valence-electron chi connectivity index (χ1n) is 4.08. The van der Waals surface area contributed by atoms with E-state index in [2.05, 4.69) is 0 Å². The lowest BCUT2D eigenvalue weighted by molar-refractivity contribution is -0.192. The third kappa shape index (κ3) is 12.4. The van der Waals surface area contributed by atoms with Crippen molar-refractivity contribution in [3.63, 3.8) is 0 Å². The molecule has 0 saturated heterocycles. The predicted molar refractivity (Wildman–Crippen MR) is 48.7 cm³/mol. The molecule has 1 atom stereocenters. The van der Waals surface area contributed by atoms with Gasteiger partial charge in [-0.1, -0.05) is 13.0 Å². The van der Waals surface area contributed by atoms with Crippen LogP contribution in [0.25, 0.3) is 0 Å². The molecule has 0 rings (SSSR count). The van der Waals surface area contributed by atoms with Crippen molar-refractivity contribution in [3.8, 4) is 0 Å². The second kappa shape index (κ2) is 7.69. The first kappa shape index (κ1) is 16.8. The fraction of sp³-hybridized carbons (Fsp3) is 0.500. The highest BCUT2D eigenvalue weighted by atomic mass is 19.4. The maximum Gasteiger partial charge on any atom is 0.490 e. The molecule has 8 heteroatoms. The summed E-state index contributed by atoms with van der Waals surface area (Å²) >= 11 is 0. The first-order chi connectivity index (χ1) is 7.11. The van der Waals surface area contributed by atoms with Gasteiger partial charge in [-0.05, 0) is 6.42 Å². The van der Waals surface area contributed by atoms with Crippen molar-refractivity contribution in [3.05, 3.63) is 12.2 Å². The van der Waals surface area contributed by atoms with Gasteiger partial charge in [0, 0.05) is 12.1 Å². The lowest BCUT2D eigenvalue weighted by Crippen LogP contribution is -2.21. The SMILES string of the molecule is CCC(N)C=CC(=O)O.O=C(O)C(F)(F)F. The lowest BCUT2D eigenvalue weighted by atomic mass is 10.2. The van der Waals surface area contributed by atoms with Gasteiger partial charge in [0.1, 0.15) is 0 Å². The van der Waals surface area contributed by atoms with Crippen LogP contribution in [0.3, 0.4) is 0 Å². The maximum atomic E-state index is 10.6.